The SMILES string of the molecule is CNCCNS(=O)(=O)c1c(Br)cc(C)cc1Br. The van der Waals surface area contributed by atoms with Crippen LogP contribution in [0, 0.1) is 6.92 Å². The van der Waals surface area contributed by atoms with E-state index >= 15 is 0 Å². The minimum absolute atomic E-state index is 0.235. The van der Waals surface area contributed by atoms with Gasteiger partial charge in [0.25, 0.3) is 0 Å². The van der Waals surface area contributed by atoms with Crippen molar-refractivity contribution in [2.24, 2.45) is 0 Å². The Morgan fingerprint density at radius 2 is 1.71 bits per heavy atom. The van der Waals surface area contributed by atoms with Crippen LogP contribution in [0.3, 0.4) is 0 Å². The van der Waals surface area contributed by atoms with E-state index in [9.17, 15) is 8.42 Å². The summed E-state index contributed by atoms with van der Waals surface area (Å²) in [5.41, 5.74) is 0.984. The number of aryl methyl sites for hydroxylation is 1. The summed E-state index contributed by atoms with van der Waals surface area (Å²) in [6.07, 6.45) is 0. The summed E-state index contributed by atoms with van der Waals surface area (Å²) in [5, 5.41) is 2.88. The number of likely N-dealkylation sites (N-methyl/N-ethyl adjacent to an activating group) is 1. The maximum atomic E-state index is 12.1. The molecule has 0 heterocycles. The molecule has 1 aromatic carbocycles. The number of halogens is 2. The van der Waals surface area contributed by atoms with Gasteiger partial charge in [-0.1, -0.05) is 0 Å². The number of benzene rings is 1. The van der Waals surface area contributed by atoms with E-state index < -0.39 is 10.0 Å². The Kier molecular flexibility index (Phi) is 5.59. The Labute approximate surface area is 118 Å². The van der Waals surface area contributed by atoms with Gasteiger partial charge in [0.2, 0.25) is 10.0 Å². The predicted molar refractivity (Wildman–Crippen MR) is 75.7 cm³/mol. The first-order valence-electron chi connectivity index (χ1n) is 4.98. The fourth-order valence-electron chi connectivity index (χ4n) is 1.33. The fourth-order valence-corrected chi connectivity index (χ4v) is 5.17. The van der Waals surface area contributed by atoms with Gasteiger partial charge in [-0.25, -0.2) is 13.1 Å². The van der Waals surface area contributed by atoms with Gasteiger partial charge >= 0.3 is 0 Å². The average molecular weight is 386 g/mol. The van der Waals surface area contributed by atoms with E-state index in [4.69, 9.17) is 0 Å². The second-order valence-electron chi connectivity index (χ2n) is 3.56. The first-order chi connectivity index (χ1) is 7.88. The van der Waals surface area contributed by atoms with Crippen LogP contribution in [0.25, 0.3) is 0 Å². The number of rotatable bonds is 5. The first kappa shape index (κ1) is 15.1. The highest BCUT2D eigenvalue weighted by atomic mass is 79.9. The molecule has 0 aliphatic carbocycles. The first-order valence-corrected chi connectivity index (χ1v) is 8.05. The molecule has 0 aromatic heterocycles. The summed E-state index contributed by atoms with van der Waals surface area (Å²) in [7, 11) is -1.72. The molecule has 1 aromatic rings. The van der Waals surface area contributed by atoms with E-state index in [1.165, 1.54) is 0 Å². The van der Waals surface area contributed by atoms with Crippen LogP contribution >= 0.6 is 31.9 Å². The van der Waals surface area contributed by atoms with Crippen LogP contribution in [0.15, 0.2) is 26.0 Å². The molecule has 0 aliphatic rings. The van der Waals surface area contributed by atoms with Crippen molar-refractivity contribution in [2.75, 3.05) is 20.1 Å². The molecule has 0 spiro atoms. The summed E-state index contributed by atoms with van der Waals surface area (Å²) < 4.78 is 27.8. The molecule has 2 N–H and O–H groups in total. The Balaban J connectivity index is 3.07. The zero-order chi connectivity index (χ0) is 13.1. The van der Waals surface area contributed by atoms with Gasteiger partial charge in [-0.3, -0.25) is 0 Å². The largest absolute Gasteiger partial charge is 0.318 e. The average Bonchev–Trinajstić information content (AvgIpc) is 2.15. The topological polar surface area (TPSA) is 58.2 Å². The monoisotopic (exact) mass is 384 g/mol. The molecule has 0 saturated heterocycles. The predicted octanol–water partition coefficient (Wildman–Crippen LogP) is 2.02. The van der Waals surface area contributed by atoms with E-state index in [1.54, 1.807) is 19.2 Å². The third kappa shape index (κ3) is 4.03. The maximum Gasteiger partial charge on any atom is 0.242 e. The quantitative estimate of drug-likeness (QED) is 0.762. The Morgan fingerprint density at radius 3 is 2.18 bits per heavy atom. The van der Waals surface area contributed by atoms with Gasteiger partial charge < -0.3 is 5.32 Å². The Morgan fingerprint density at radius 1 is 1.18 bits per heavy atom. The molecule has 0 amide bonds. The van der Waals surface area contributed by atoms with Crippen LogP contribution in [0.1, 0.15) is 5.56 Å². The lowest BCUT2D eigenvalue weighted by atomic mass is 10.2. The van der Waals surface area contributed by atoms with Gasteiger partial charge in [0.15, 0.2) is 0 Å². The highest BCUT2D eigenvalue weighted by molar-refractivity contribution is 9.11. The van der Waals surface area contributed by atoms with Gasteiger partial charge in [-0.15, -0.1) is 0 Å². The van der Waals surface area contributed by atoms with E-state index in [2.05, 4.69) is 41.9 Å². The number of hydrogen-bond acceptors (Lipinski definition) is 3. The van der Waals surface area contributed by atoms with Crippen molar-refractivity contribution < 1.29 is 8.42 Å². The van der Waals surface area contributed by atoms with Gasteiger partial charge in [0, 0.05) is 22.0 Å². The summed E-state index contributed by atoms with van der Waals surface area (Å²) in [6.45, 7) is 2.84. The molecule has 1 rings (SSSR count). The van der Waals surface area contributed by atoms with Gasteiger partial charge in [-0.05, 0) is 63.5 Å². The minimum Gasteiger partial charge on any atom is -0.318 e. The highest BCUT2D eigenvalue weighted by Crippen LogP contribution is 2.30. The minimum atomic E-state index is -3.49. The van der Waals surface area contributed by atoms with Crippen LogP contribution in [-0.2, 0) is 10.0 Å². The zero-order valence-electron chi connectivity index (χ0n) is 9.55. The molecule has 0 radical (unpaired) electrons. The second-order valence-corrected chi connectivity index (χ2v) is 6.97. The van der Waals surface area contributed by atoms with Crippen LogP contribution in [0.4, 0.5) is 0 Å². The fraction of sp³-hybridized carbons (Fsp3) is 0.400. The molecule has 0 atom stereocenters. The van der Waals surface area contributed by atoms with Crippen molar-refractivity contribution in [2.45, 2.75) is 11.8 Å². The molecule has 0 saturated carbocycles. The Hall–Kier alpha value is 0.0500. The molecule has 0 aliphatic heterocycles. The lowest BCUT2D eigenvalue weighted by molar-refractivity contribution is 0.578. The van der Waals surface area contributed by atoms with Crippen LogP contribution in [0.5, 0.6) is 0 Å². The van der Waals surface area contributed by atoms with Crippen molar-refractivity contribution in [3.05, 3.63) is 26.6 Å². The van der Waals surface area contributed by atoms with Crippen molar-refractivity contribution >= 4 is 41.9 Å². The van der Waals surface area contributed by atoms with E-state index in [1.807, 2.05) is 6.92 Å². The standard InChI is InChI=1S/C10H14Br2N2O2S/c1-7-5-8(11)10(9(12)6-7)17(15,16)14-4-3-13-2/h5-6,13-14H,3-4H2,1-2H3. The zero-order valence-corrected chi connectivity index (χ0v) is 13.5. The highest BCUT2D eigenvalue weighted by Gasteiger charge is 2.20. The van der Waals surface area contributed by atoms with Crippen LogP contribution in [-0.4, -0.2) is 28.6 Å². The van der Waals surface area contributed by atoms with Crippen LogP contribution in [0.2, 0.25) is 0 Å². The lowest BCUT2D eigenvalue weighted by Gasteiger charge is -2.11. The smallest absolute Gasteiger partial charge is 0.242 e. The molecule has 96 valence electrons. The normalized spacial score (nSPS) is 11.8. The molecular formula is C10H14Br2N2O2S. The summed E-state index contributed by atoms with van der Waals surface area (Å²) in [6, 6.07) is 3.55. The summed E-state index contributed by atoms with van der Waals surface area (Å²) in [5.74, 6) is 0. The third-order valence-electron chi connectivity index (χ3n) is 2.08. The molecular weight excluding hydrogens is 372 g/mol. The van der Waals surface area contributed by atoms with E-state index in [-0.39, 0.29) is 4.90 Å². The van der Waals surface area contributed by atoms with Crippen molar-refractivity contribution in [3.8, 4) is 0 Å². The van der Waals surface area contributed by atoms with E-state index in [0.29, 0.717) is 22.0 Å². The Bertz CT molecular complexity index is 480. The number of hydrogen-bond donors (Lipinski definition) is 2. The van der Waals surface area contributed by atoms with Crippen molar-refractivity contribution in [1.29, 1.82) is 0 Å². The molecule has 4 nitrogen and oxygen atoms in total. The molecule has 0 bridgehead atoms. The number of nitrogens with one attached hydrogen (secondary N) is 2. The van der Waals surface area contributed by atoms with Gasteiger partial charge in [-0.2, -0.15) is 0 Å². The maximum absolute atomic E-state index is 12.1. The molecule has 0 unspecified atom stereocenters. The van der Waals surface area contributed by atoms with Gasteiger partial charge in [0.1, 0.15) is 4.90 Å². The van der Waals surface area contributed by atoms with Crippen LogP contribution < -0.4 is 10.0 Å². The molecule has 7 heteroatoms. The summed E-state index contributed by atoms with van der Waals surface area (Å²) in [4.78, 5) is 0.235. The van der Waals surface area contributed by atoms with Crippen molar-refractivity contribution in [1.82, 2.24) is 10.0 Å². The summed E-state index contributed by atoms with van der Waals surface area (Å²) >= 11 is 6.56. The lowest BCUT2D eigenvalue weighted by Crippen LogP contribution is -2.31. The van der Waals surface area contributed by atoms with Gasteiger partial charge in [0.05, 0.1) is 0 Å². The molecule has 17 heavy (non-hydrogen) atoms. The second kappa shape index (κ2) is 6.29. The van der Waals surface area contributed by atoms with Crippen molar-refractivity contribution in [3.63, 3.8) is 0 Å². The van der Waals surface area contributed by atoms with E-state index in [0.717, 1.165) is 5.56 Å². The number of sulfonamides is 1. The third-order valence-corrected chi connectivity index (χ3v) is 5.42. The molecule has 0 fully saturated rings.